The minimum absolute atomic E-state index is 0.425. The Hall–Kier alpha value is -1.72. The first kappa shape index (κ1) is 12.3. The molecule has 0 fully saturated rings. The number of hydrogen-bond acceptors (Lipinski definition) is 3. The normalized spacial score (nSPS) is 11.1. The molecule has 2 aromatic heterocycles. The molecular formula is C14H13BrN4. The Morgan fingerprint density at radius 3 is 2.89 bits per heavy atom. The lowest BCUT2D eigenvalue weighted by molar-refractivity contribution is 0.933. The summed E-state index contributed by atoms with van der Waals surface area (Å²) in [5, 5.41) is 4.59. The minimum Gasteiger partial charge on any atom is -0.325 e. The zero-order chi connectivity index (χ0) is 13.4. The second-order valence-corrected chi connectivity index (χ2v) is 5.33. The van der Waals surface area contributed by atoms with E-state index in [2.05, 4.69) is 45.1 Å². The quantitative estimate of drug-likeness (QED) is 0.790. The number of fused-ring (bicyclic) bond motifs is 1. The third kappa shape index (κ3) is 2.27. The van der Waals surface area contributed by atoms with Crippen molar-refractivity contribution in [3.05, 3.63) is 52.3 Å². The van der Waals surface area contributed by atoms with Crippen LogP contribution >= 0.6 is 15.9 Å². The Kier molecular flexibility index (Phi) is 3.08. The Labute approximate surface area is 119 Å². The Morgan fingerprint density at radius 2 is 2.11 bits per heavy atom. The number of hydrogen-bond donors (Lipinski definition) is 1. The van der Waals surface area contributed by atoms with Gasteiger partial charge in [0.2, 0.25) is 0 Å². The van der Waals surface area contributed by atoms with Gasteiger partial charge in [0.1, 0.15) is 0 Å². The molecule has 3 rings (SSSR count). The highest BCUT2D eigenvalue weighted by atomic mass is 79.9. The molecule has 0 unspecified atom stereocenters. The molecule has 96 valence electrons. The van der Waals surface area contributed by atoms with E-state index in [9.17, 15) is 0 Å². The second kappa shape index (κ2) is 4.75. The fourth-order valence-corrected chi connectivity index (χ4v) is 2.40. The van der Waals surface area contributed by atoms with Crippen molar-refractivity contribution < 1.29 is 0 Å². The van der Waals surface area contributed by atoms with E-state index in [-0.39, 0.29) is 0 Å². The highest BCUT2D eigenvalue weighted by Gasteiger charge is 2.07. The zero-order valence-electron chi connectivity index (χ0n) is 10.5. The molecule has 19 heavy (non-hydrogen) atoms. The average Bonchev–Trinajstić information content (AvgIpc) is 2.83. The molecule has 0 saturated heterocycles. The van der Waals surface area contributed by atoms with Gasteiger partial charge in [0, 0.05) is 16.6 Å². The first-order chi connectivity index (χ1) is 9.17. The lowest BCUT2D eigenvalue weighted by atomic mass is 10.1. The molecule has 0 amide bonds. The van der Waals surface area contributed by atoms with Gasteiger partial charge in [-0.2, -0.15) is 5.10 Å². The van der Waals surface area contributed by atoms with Crippen LogP contribution in [0.15, 0.2) is 41.0 Å². The Balaban J connectivity index is 2.16. The van der Waals surface area contributed by atoms with Crippen LogP contribution < -0.4 is 5.73 Å². The van der Waals surface area contributed by atoms with Gasteiger partial charge >= 0.3 is 0 Å². The molecule has 0 aliphatic rings. The lowest BCUT2D eigenvalue weighted by Crippen LogP contribution is -1.95. The van der Waals surface area contributed by atoms with Crippen molar-refractivity contribution in [1.29, 1.82) is 0 Å². The average molecular weight is 317 g/mol. The highest BCUT2D eigenvalue weighted by molar-refractivity contribution is 9.10. The van der Waals surface area contributed by atoms with E-state index in [1.54, 1.807) is 4.52 Å². The molecule has 0 atom stereocenters. The van der Waals surface area contributed by atoms with Crippen molar-refractivity contribution in [3.8, 4) is 11.3 Å². The summed E-state index contributed by atoms with van der Waals surface area (Å²) >= 11 is 3.50. The molecular weight excluding hydrogens is 304 g/mol. The van der Waals surface area contributed by atoms with Crippen molar-refractivity contribution in [2.45, 2.75) is 13.5 Å². The molecule has 0 aliphatic carbocycles. The molecule has 1 aromatic carbocycles. The lowest BCUT2D eigenvalue weighted by Gasteiger charge is -2.06. The van der Waals surface area contributed by atoms with Crippen LogP contribution in [0.1, 0.15) is 11.3 Å². The number of halogens is 1. The van der Waals surface area contributed by atoms with Crippen molar-refractivity contribution in [2.24, 2.45) is 5.73 Å². The van der Waals surface area contributed by atoms with Gasteiger partial charge in [0.15, 0.2) is 5.65 Å². The SMILES string of the molecule is Cc1ccc(Br)cc1-c1ccc2nc(CN)cn2n1. The van der Waals surface area contributed by atoms with Crippen LogP contribution in [-0.4, -0.2) is 14.6 Å². The fourth-order valence-electron chi connectivity index (χ4n) is 2.04. The van der Waals surface area contributed by atoms with Crippen LogP contribution in [-0.2, 0) is 6.54 Å². The molecule has 0 aliphatic heterocycles. The van der Waals surface area contributed by atoms with Gasteiger partial charge in [-0.25, -0.2) is 9.50 Å². The predicted octanol–water partition coefficient (Wildman–Crippen LogP) is 2.93. The predicted molar refractivity (Wildman–Crippen MR) is 78.8 cm³/mol. The van der Waals surface area contributed by atoms with Crippen LogP contribution in [0.2, 0.25) is 0 Å². The summed E-state index contributed by atoms with van der Waals surface area (Å²) in [6.45, 7) is 2.50. The van der Waals surface area contributed by atoms with E-state index in [1.165, 1.54) is 5.56 Å². The number of nitrogens with zero attached hydrogens (tertiary/aromatic N) is 3. The van der Waals surface area contributed by atoms with E-state index < -0.39 is 0 Å². The standard InChI is InChI=1S/C14H13BrN4/c1-9-2-3-10(15)6-12(9)13-4-5-14-17-11(7-16)8-19(14)18-13/h2-6,8H,7,16H2,1H3. The smallest absolute Gasteiger partial charge is 0.153 e. The summed E-state index contributed by atoms with van der Waals surface area (Å²) in [4.78, 5) is 4.37. The summed E-state index contributed by atoms with van der Waals surface area (Å²) in [6.07, 6.45) is 1.87. The maximum atomic E-state index is 5.60. The molecule has 0 radical (unpaired) electrons. The van der Waals surface area contributed by atoms with Gasteiger partial charge in [-0.3, -0.25) is 0 Å². The number of benzene rings is 1. The van der Waals surface area contributed by atoms with Crippen molar-refractivity contribution >= 4 is 21.6 Å². The van der Waals surface area contributed by atoms with Gasteiger partial charge in [0.05, 0.1) is 17.6 Å². The fraction of sp³-hybridized carbons (Fsp3) is 0.143. The molecule has 3 aromatic rings. The number of imidazole rings is 1. The maximum Gasteiger partial charge on any atom is 0.153 e. The molecule has 0 bridgehead atoms. The van der Waals surface area contributed by atoms with Crippen molar-refractivity contribution in [2.75, 3.05) is 0 Å². The summed E-state index contributed by atoms with van der Waals surface area (Å²) in [6, 6.07) is 10.1. The molecule has 2 N–H and O–H groups in total. The van der Waals surface area contributed by atoms with Crippen LogP contribution in [0.4, 0.5) is 0 Å². The van der Waals surface area contributed by atoms with E-state index in [1.807, 2.05) is 24.4 Å². The molecule has 2 heterocycles. The van der Waals surface area contributed by atoms with Crippen LogP contribution in [0.25, 0.3) is 16.9 Å². The number of aryl methyl sites for hydroxylation is 1. The van der Waals surface area contributed by atoms with Crippen LogP contribution in [0.5, 0.6) is 0 Å². The first-order valence-electron chi connectivity index (χ1n) is 5.99. The molecule has 0 saturated carbocycles. The zero-order valence-corrected chi connectivity index (χ0v) is 12.1. The molecule has 4 nitrogen and oxygen atoms in total. The molecule has 0 spiro atoms. The summed E-state index contributed by atoms with van der Waals surface area (Å²) in [7, 11) is 0. The van der Waals surface area contributed by atoms with Crippen molar-refractivity contribution in [3.63, 3.8) is 0 Å². The van der Waals surface area contributed by atoms with Crippen molar-refractivity contribution in [1.82, 2.24) is 14.6 Å². The van der Waals surface area contributed by atoms with Crippen LogP contribution in [0, 0.1) is 6.92 Å². The number of nitrogens with two attached hydrogens (primary N) is 1. The minimum atomic E-state index is 0.425. The first-order valence-corrected chi connectivity index (χ1v) is 6.78. The van der Waals surface area contributed by atoms with E-state index in [0.29, 0.717) is 6.54 Å². The second-order valence-electron chi connectivity index (χ2n) is 4.42. The number of aromatic nitrogens is 3. The number of rotatable bonds is 2. The third-order valence-electron chi connectivity index (χ3n) is 3.05. The van der Waals surface area contributed by atoms with Gasteiger partial charge in [0.25, 0.3) is 0 Å². The highest BCUT2D eigenvalue weighted by Crippen LogP contribution is 2.25. The van der Waals surface area contributed by atoms with Crippen LogP contribution in [0.3, 0.4) is 0 Å². The monoisotopic (exact) mass is 316 g/mol. The van der Waals surface area contributed by atoms with E-state index in [4.69, 9.17) is 5.73 Å². The summed E-state index contributed by atoms with van der Waals surface area (Å²) in [5.74, 6) is 0. The molecule has 5 heteroatoms. The maximum absolute atomic E-state index is 5.60. The van der Waals surface area contributed by atoms with Gasteiger partial charge in [-0.15, -0.1) is 0 Å². The summed E-state index contributed by atoms with van der Waals surface area (Å²) in [5.41, 5.74) is 10.5. The van der Waals surface area contributed by atoms with E-state index >= 15 is 0 Å². The Morgan fingerprint density at radius 1 is 1.26 bits per heavy atom. The topological polar surface area (TPSA) is 56.2 Å². The third-order valence-corrected chi connectivity index (χ3v) is 3.55. The van der Waals surface area contributed by atoms with E-state index in [0.717, 1.165) is 27.1 Å². The Bertz CT molecular complexity index is 748. The largest absolute Gasteiger partial charge is 0.325 e. The van der Waals surface area contributed by atoms with Gasteiger partial charge in [-0.05, 0) is 36.8 Å². The summed E-state index contributed by atoms with van der Waals surface area (Å²) < 4.78 is 2.82. The van der Waals surface area contributed by atoms with Gasteiger partial charge < -0.3 is 5.73 Å². The van der Waals surface area contributed by atoms with Gasteiger partial charge in [-0.1, -0.05) is 22.0 Å².